The van der Waals surface area contributed by atoms with Crippen molar-refractivity contribution < 1.29 is 9.59 Å². The first-order valence-corrected chi connectivity index (χ1v) is 10.1. The minimum Gasteiger partial charge on any atom is -0.340 e. The fraction of sp³-hybridized carbons (Fsp3) is 0.619. The SMILES string of the molecule is Cc1cccc(NC(=O)CN2CCN(C(=O)CCCCCCN)CC2)c1C.Cl.Cl. The molecule has 1 saturated heterocycles. The molecule has 0 unspecified atom stereocenters. The lowest BCUT2D eigenvalue weighted by atomic mass is 10.1. The summed E-state index contributed by atoms with van der Waals surface area (Å²) in [5.41, 5.74) is 8.64. The van der Waals surface area contributed by atoms with Gasteiger partial charge in [0.1, 0.15) is 0 Å². The molecule has 2 amide bonds. The largest absolute Gasteiger partial charge is 0.340 e. The second-order valence-electron chi connectivity index (χ2n) is 7.41. The van der Waals surface area contributed by atoms with E-state index >= 15 is 0 Å². The normalized spacial score (nSPS) is 14.0. The average molecular weight is 447 g/mol. The van der Waals surface area contributed by atoms with Crippen LogP contribution in [0.15, 0.2) is 18.2 Å². The quantitative estimate of drug-likeness (QED) is 0.570. The Balaban J connectivity index is 0.00000392. The highest BCUT2D eigenvalue weighted by Crippen LogP contribution is 2.18. The number of amides is 2. The first-order valence-electron chi connectivity index (χ1n) is 10.1. The molecule has 1 aromatic carbocycles. The van der Waals surface area contributed by atoms with Crippen molar-refractivity contribution in [3.05, 3.63) is 29.3 Å². The maximum atomic E-state index is 12.3. The van der Waals surface area contributed by atoms with Gasteiger partial charge in [0.05, 0.1) is 6.54 Å². The number of nitrogens with one attached hydrogen (secondary N) is 1. The summed E-state index contributed by atoms with van der Waals surface area (Å²) in [6, 6.07) is 5.93. The van der Waals surface area contributed by atoms with E-state index in [-0.39, 0.29) is 36.6 Å². The number of carbonyl (C=O) groups is 2. The summed E-state index contributed by atoms with van der Waals surface area (Å²) in [6.45, 7) is 8.07. The molecule has 0 atom stereocenters. The molecule has 1 heterocycles. The zero-order chi connectivity index (χ0) is 19.6. The van der Waals surface area contributed by atoms with E-state index in [2.05, 4.69) is 10.2 Å². The second kappa shape index (κ2) is 14.6. The van der Waals surface area contributed by atoms with Crippen LogP contribution in [0.25, 0.3) is 0 Å². The molecule has 0 saturated carbocycles. The van der Waals surface area contributed by atoms with Crippen LogP contribution in [0, 0.1) is 13.8 Å². The Morgan fingerprint density at radius 2 is 1.66 bits per heavy atom. The number of hydrogen-bond donors (Lipinski definition) is 2. The number of carbonyl (C=O) groups excluding carboxylic acids is 2. The molecule has 29 heavy (non-hydrogen) atoms. The van der Waals surface area contributed by atoms with Crippen molar-refractivity contribution in [3.8, 4) is 0 Å². The number of benzene rings is 1. The van der Waals surface area contributed by atoms with Gasteiger partial charge in [0.15, 0.2) is 0 Å². The van der Waals surface area contributed by atoms with Crippen molar-refractivity contribution in [3.63, 3.8) is 0 Å². The van der Waals surface area contributed by atoms with Crippen LogP contribution in [-0.4, -0.2) is 60.9 Å². The average Bonchev–Trinajstić information content (AvgIpc) is 2.65. The van der Waals surface area contributed by atoms with Gasteiger partial charge in [-0.1, -0.05) is 25.0 Å². The van der Waals surface area contributed by atoms with E-state index in [1.807, 2.05) is 36.9 Å². The van der Waals surface area contributed by atoms with Crippen molar-refractivity contribution in [1.29, 1.82) is 0 Å². The highest BCUT2D eigenvalue weighted by molar-refractivity contribution is 5.93. The predicted molar refractivity (Wildman–Crippen MR) is 124 cm³/mol. The molecule has 0 spiro atoms. The van der Waals surface area contributed by atoms with Gasteiger partial charge in [-0.05, 0) is 50.4 Å². The molecular formula is C21H36Cl2N4O2. The Labute approximate surface area is 187 Å². The zero-order valence-corrected chi connectivity index (χ0v) is 19.2. The van der Waals surface area contributed by atoms with Gasteiger partial charge in [-0.15, -0.1) is 24.8 Å². The third-order valence-electron chi connectivity index (χ3n) is 5.32. The molecule has 0 radical (unpaired) electrons. The minimum absolute atomic E-state index is 0. The van der Waals surface area contributed by atoms with Gasteiger partial charge in [0.2, 0.25) is 11.8 Å². The fourth-order valence-electron chi connectivity index (χ4n) is 3.37. The smallest absolute Gasteiger partial charge is 0.238 e. The van der Waals surface area contributed by atoms with Crippen LogP contribution in [0.1, 0.15) is 43.2 Å². The van der Waals surface area contributed by atoms with Crippen LogP contribution in [0.4, 0.5) is 5.69 Å². The molecule has 0 bridgehead atoms. The van der Waals surface area contributed by atoms with E-state index in [4.69, 9.17) is 5.73 Å². The molecule has 2 rings (SSSR count). The standard InChI is InChI=1S/C21H34N4O2.2ClH/c1-17-8-7-9-19(18(17)2)23-20(26)16-24-12-14-25(15-13-24)21(27)10-5-3-4-6-11-22;;/h7-9H,3-6,10-16,22H2,1-2H3,(H,23,26);2*1H. The fourth-order valence-corrected chi connectivity index (χ4v) is 3.37. The molecule has 8 heteroatoms. The number of nitrogens with two attached hydrogens (primary N) is 1. The zero-order valence-electron chi connectivity index (χ0n) is 17.6. The third kappa shape index (κ3) is 9.34. The third-order valence-corrected chi connectivity index (χ3v) is 5.32. The predicted octanol–water partition coefficient (Wildman–Crippen LogP) is 3.14. The van der Waals surface area contributed by atoms with Crippen molar-refractivity contribution in [1.82, 2.24) is 9.80 Å². The molecule has 1 aliphatic heterocycles. The lowest BCUT2D eigenvalue weighted by molar-refractivity contribution is -0.133. The maximum Gasteiger partial charge on any atom is 0.238 e. The number of halogens is 2. The summed E-state index contributed by atoms with van der Waals surface area (Å²) in [7, 11) is 0. The number of aryl methyl sites for hydroxylation is 1. The summed E-state index contributed by atoms with van der Waals surface area (Å²) in [6.07, 6.45) is 4.78. The van der Waals surface area contributed by atoms with Crippen LogP contribution < -0.4 is 11.1 Å². The summed E-state index contributed by atoms with van der Waals surface area (Å²) in [5.74, 6) is 0.241. The Bertz CT molecular complexity index is 635. The number of rotatable bonds is 9. The summed E-state index contributed by atoms with van der Waals surface area (Å²) >= 11 is 0. The monoisotopic (exact) mass is 446 g/mol. The summed E-state index contributed by atoms with van der Waals surface area (Å²) in [5, 5.41) is 3.01. The Kier molecular flexibility index (Phi) is 13.9. The summed E-state index contributed by atoms with van der Waals surface area (Å²) in [4.78, 5) is 28.7. The molecule has 1 aliphatic rings. The van der Waals surface area contributed by atoms with Crippen molar-refractivity contribution in [2.45, 2.75) is 46.0 Å². The van der Waals surface area contributed by atoms with E-state index in [0.717, 1.165) is 56.6 Å². The molecule has 166 valence electrons. The van der Waals surface area contributed by atoms with Gasteiger partial charge in [0.25, 0.3) is 0 Å². The maximum absolute atomic E-state index is 12.3. The van der Waals surface area contributed by atoms with E-state index in [1.54, 1.807) is 0 Å². The highest BCUT2D eigenvalue weighted by Gasteiger charge is 2.22. The van der Waals surface area contributed by atoms with E-state index in [1.165, 1.54) is 5.56 Å². The second-order valence-corrected chi connectivity index (χ2v) is 7.41. The molecule has 3 N–H and O–H groups in total. The van der Waals surface area contributed by atoms with Crippen LogP contribution in [0.3, 0.4) is 0 Å². The van der Waals surface area contributed by atoms with Gasteiger partial charge in [-0.25, -0.2) is 0 Å². The first kappa shape index (κ1) is 27.7. The Morgan fingerprint density at radius 3 is 2.31 bits per heavy atom. The number of piperazine rings is 1. The van der Waals surface area contributed by atoms with Gasteiger partial charge in [0, 0.05) is 38.3 Å². The van der Waals surface area contributed by atoms with Crippen LogP contribution in [0.5, 0.6) is 0 Å². The number of nitrogens with zero attached hydrogens (tertiary/aromatic N) is 2. The summed E-state index contributed by atoms with van der Waals surface area (Å²) < 4.78 is 0. The molecule has 1 fully saturated rings. The van der Waals surface area contributed by atoms with Gasteiger partial charge in [-0.2, -0.15) is 0 Å². The number of hydrogen-bond acceptors (Lipinski definition) is 4. The van der Waals surface area contributed by atoms with E-state index in [9.17, 15) is 9.59 Å². The van der Waals surface area contributed by atoms with Gasteiger partial charge >= 0.3 is 0 Å². The van der Waals surface area contributed by atoms with Crippen LogP contribution in [0.2, 0.25) is 0 Å². The first-order chi connectivity index (χ1) is 13.0. The molecule has 0 aromatic heterocycles. The lowest BCUT2D eigenvalue weighted by Crippen LogP contribution is -2.50. The Morgan fingerprint density at radius 1 is 1.00 bits per heavy atom. The number of unbranched alkanes of at least 4 members (excludes halogenated alkanes) is 3. The topological polar surface area (TPSA) is 78.7 Å². The van der Waals surface area contributed by atoms with Gasteiger partial charge < -0.3 is 16.0 Å². The van der Waals surface area contributed by atoms with Gasteiger partial charge in [-0.3, -0.25) is 14.5 Å². The molecular weight excluding hydrogens is 411 g/mol. The van der Waals surface area contributed by atoms with Crippen molar-refractivity contribution >= 4 is 42.3 Å². The van der Waals surface area contributed by atoms with E-state index < -0.39 is 0 Å². The van der Waals surface area contributed by atoms with E-state index in [0.29, 0.717) is 26.1 Å². The van der Waals surface area contributed by atoms with Crippen LogP contribution in [-0.2, 0) is 9.59 Å². The molecule has 0 aliphatic carbocycles. The minimum atomic E-state index is 0. The number of anilines is 1. The highest BCUT2D eigenvalue weighted by atomic mass is 35.5. The van der Waals surface area contributed by atoms with Crippen LogP contribution >= 0.6 is 24.8 Å². The van der Waals surface area contributed by atoms with Crippen molar-refractivity contribution in [2.24, 2.45) is 5.73 Å². The lowest BCUT2D eigenvalue weighted by Gasteiger charge is -2.34. The Hall–Kier alpha value is -1.34. The molecule has 6 nitrogen and oxygen atoms in total. The molecule has 1 aromatic rings. The van der Waals surface area contributed by atoms with Crippen molar-refractivity contribution in [2.75, 3.05) is 44.6 Å².